The number of rotatable bonds is 5. The number of aryl methyl sites for hydroxylation is 1. The first-order valence-electron chi connectivity index (χ1n) is 10.9. The zero-order valence-corrected chi connectivity index (χ0v) is 18.8. The van der Waals surface area contributed by atoms with Crippen LogP contribution < -0.4 is 0 Å². The fraction of sp³-hybridized carbons (Fsp3) is 0.172. The van der Waals surface area contributed by atoms with Gasteiger partial charge in [-0.15, -0.1) is 0 Å². The molecule has 1 atom stereocenters. The standard InChI is InChI=1S/C29H24O5/c1-21-7-9-22(10-8-21)11-12-23-13-15-25(16-14-23)27(31)33-20-29(19-30)18-26(28(32)34-29)17-24-5-3-2-4-6-24/h2-10,13-17,30H,18-20H2,1H3/b26-17-. The van der Waals surface area contributed by atoms with Crippen LogP contribution in [0.2, 0.25) is 0 Å². The van der Waals surface area contributed by atoms with E-state index in [9.17, 15) is 14.7 Å². The predicted molar refractivity (Wildman–Crippen MR) is 129 cm³/mol. The van der Waals surface area contributed by atoms with Crippen molar-refractivity contribution >= 4 is 18.0 Å². The number of hydrogen-bond acceptors (Lipinski definition) is 5. The minimum Gasteiger partial charge on any atom is -0.458 e. The molecule has 1 aliphatic rings. The Kier molecular flexibility index (Phi) is 6.91. The first-order chi connectivity index (χ1) is 16.5. The molecule has 0 saturated carbocycles. The van der Waals surface area contributed by atoms with Crippen molar-refractivity contribution in [3.05, 3.63) is 112 Å². The number of benzene rings is 3. The maximum Gasteiger partial charge on any atom is 0.338 e. The highest BCUT2D eigenvalue weighted by molar-refractivity contribution is 5.96. The van der Waals surface area contributed by atoms with Gasteiger partial charge in [-0.1, -0.05) is 59.9 Å². The molecule has 34 heavy (non-hydrogen) atoms. The number of aliphatic hydroxyl groups is 1. The van der Waals surface area contributed by atoms with Gasteiger partial charge in [0, 0.05) is 23.1 Å². The van der Waals surface area contributed by atoms with Gasteiger partial charge in [0.05, 0.1) is 12.2 Å². The lowest BCUT2D eigenvalue weighted by Crippen LogP contribution is -2.39. The Balaban J connectivity index is 1.38. The number of esters is 2. The van der Waals surface area contributed by atoms with Crippen LogP contribution in [0, 0.1) is 18.8 Å². The lowest BCUT2D eigenvalue weighted by atomic mass is 9.98. The zero-order valence-electron chi connectivity index (χ0n) is 18.8. The number of aliphatic hydroxyl groups excluding tert-OH is 1. The number of ether oxygens (including phenoxy) is 2. The first-order valence-corrected chi connectivity index (χ1v) is 10.9. The topological polar surface area (TPSA) is 72.8 Å². The molecule has 3 aromatic carbocycles. The average Bonchev–Trinajstić information content (AvgIpc) is 3.18. The van der Waals surface area contributed by atoms with Crippen LogP contribution in [-0.4, -0.2) is 35.9 Å². The quantitative estimate of drug-likeness (QED) is 0.355. The second-order valence-electron chi connectivity index (χ2n) is 8.26. The van der Waals surface area contributed by atoms with Crippen LogP contribution in [0.4, 0.5) is 0 Å². The Hall–Kier alpha value is -4.14. The van der Waals surface area contributed by atoms with Gasteiger partial charge in [0.1, 0.15) is 6.61 Å². The van der Waals surface area contributed by atoms with Gasteiger partial charge in [-0.3, -0.25) is 0 Å². The smallest absolute Gasteiger partial charge is 0.338 e. The summed E-state index contributed by atoms with van der Waals surface area (Å²) in [6.07, 6.45) is 1.87. The van der Waals surface area contributed by atoms with Crippen LogP contribution in [0.15, 0.2) is 84.4 Å². The van der Waals surface area contributed by atoms with Gasteiger partial charge in [0.2, 0.25) is 0 Å². The van der Waals surface area contributed by atoms with Crippen LogP contribution >= 0.6 is 0 Å². The highest BCUT2D eigenvalue weighted by atomic mass is 16.6. The average molecular weight is 453 g/mol. The molecular weight excluding hydrogens is 428 g/mol. The van der Waals surface area contributed by atoms with Gasteiger partial charge in [-0.2, -0.15) is 0 Å². The molecule has 1 fully saturated rings. The van der Waals surface area contributed by atoms with Crippen molar-refractivity contribution in [2.24, 2.45) is 0 Å². The van der Waals surface area contributed by atoms with Crippen LogP contribution in [0.3, 0.4) is 0 Å². The molecule has 3 aromatic rings. The third-order valence-corrected chi connectivity index (χ3v) is 5.50. The molecule has 0 spiro atoms. The second-order valence-corrected chi connectivity index (χ2v) is 8.26. The molecule has 0 amide bonds. The van der Waals surface area contributed by atoms with Gasteiger partial charge in [-0.05, 0) is 55.0 Å². The monoisotopic (exact) mass is 452 g/mol. The summed E-state index contributed by atoms with van der Waals surface area (Å²) in [4.78, 5) is 24.9. The molecule has 1 heterocycles. The number of hydrogen-bond donors (Lipinski definition) is 1. The van der Waals surface area contributed by atoms with E-state index in [4.69, 9.17) is 9.47 Å². The van der Waals surface area contributed by atoms with Crippen LogP contribution in [0.5, 0.6) is 0 Å². The van der Waals surface area contributed by atoms with Crippen LogP contribution in [0.25, 0.3) is 6.08 Å². The van der Waals surface area contributed by atoms with Crippen molar-refractivity contribution in [2.45, 2.75) is 18.9 Å². The van der Waals surface area contributed by atoms with E-state index in [1.54, 1.807) is 30.3 Å². The maximum atomic E-state index is 12.5. The van der Waals surface area contributed by atoms with Gasteiger partial charge in [-0.25, -0.2) is 9.59 Å². The molecule has 0 bridgehead atoms. The summed E-state index contributed by atoms with van der Waals surface area (Å²) >= 11 is 0. The summed E-state index contributed by atoms with van der Waals surface area (Å²) in [5.41, 5.74) is 3.19. The molecule has 0 radical (unpaired) electrons. The summed E-state index contributed by atoms with van der Waals surface area (Å²) in [7, 11) is 0. The van der Waals surface area contributed by atoms with Crippen molar-refractivity contribution < 1.29 is 24.2 Å². The second kappa shape index (κ2) is 10.2. The highest BCUT2D eigenvalue weighted by Crippen LogP contribution is 2.32. The molecule has 5 nitrogen and oxygen atoms in total. The van der Waals surface area contributed by atoms with Gasteiger partial charge < -0.3 is 14.6 Å². The first kappa shape index (κ1) is 23.0. The summed E-state index contributed by atoms with van der Waals surface area (Å²) in [5, 5.41) is 9.90. The fourth-order valence-corrected chi connectivity index (χ4v) is 3.54. The van der Waals surface area contributed by atoms with Crippen LogP contribution in [0.1, 0.15) is 39.0 Å². The summed E-state index contributed by atoms with van der Waals surface area (Å²) in [6.45, 7) is 1.33. The molecule has 5 heteroatoms. The van der Waals surface area contributed by atoms with Crippen molar-refractivity contribution in [3.63, 3.8) is 0 Å². The normalized spacial score (nSPS) is 18.2. The Morgan fingerprint density at radius 3 is 2.24 bits per heavy atom. The van der Waals surface area contributed by atoms with E-state index in [1.807, 2.05) is 61.5 Å². The minimum atomic E-state index is -1.28. The van der Waals surface area contributed by atoms with Crippen LogP contribution in [-0.2, 0) is 14.3 Å². The molecule has 1 saturated heterocycles. The van der Waals surface area contributed by atoms with Crippen molar-refractivity contribution in [3.8, 4) is 11.8 Å². The van der Waals surface area contributed by atoms with E-state index in [2.05, 4.69) is 11.8 Å². The molecular formula is C29H24O5. The SMILES string of the molecule is Cc1ccc(C#Cc2ccc(C(=O)OCC3(CO)C/C(=C/c4ccccc4)C(=O)O3)cc2)cc1. The van der Waals surface area contributed by atoms with E-state index in [0.717, 1.165) is 16.7 Å². The Morgan fingerprint density at radius 2 is 1.62 bits per heavy atom. The minimum absolute atomic E-state index is 0.151. The van der Waals surface area contributed by atoms with Crippen molar-refractivity contribution in [1.29, 1.82) is 0 Å². The summed E-state index contributed by atoms with van der Waals surface area (Å²) in [6, 6.07) is 24.0. The Labute approximate surface area is 198 Å². The van der Waals surface area contributed by atoms with E-state index >= 15 is 0 Å². The van der Waals surface area contributed by atoms with E-state index in [0.29, 0.717) is 11.1 Å². The largest absolute Gasteiger partial charge is 0.458 e. The fourth-order valence-electron chi connectivity index (χ4n) is 3.54. The third kappa shape index (κ3) is 5.61. The molecule has 0 aromatic heterocycles. The van der Waals surface area contributed by atoms with Gasteiger partial charge >= 0.3 is 11.9 Å². The Morgan fingerprint density at radius 1 is 1.00 bits per heavy atom. The molecule has 1 unspecified atom stereocenters. The summed E-state index contributed by atoms with van der Waals surface area (Å²) < 4.78 is 10.8. The van der Waals surface area contributed by atoms with E-state index in [1.165, 1.54) is 5.56 Å². The molecule has 170 valence electrons. The maximum absolute atomic E-state index is 12.5. The molecule has 4 rings (SSSR count). The third-order valence-electron chi connectivity index (χ3n) is 5.50. The molecule has 0 aliphatic carbocycles. The molecule has 1 aliphatic heterocycles. The van der Waals surface area contributed by atoms with E-state index < -0.39 is 24.1 Å². The molecule has 1 N–H and O–H groups in total. The lowest BCUT2D eigenvalue weighted by Gasteiger charge is -2.24. The summed E-state index contributed by atoms with van der Waals surface area (Å²) in [5.74, 6) is 5.07. The number of cyclic esters (lactones) is 1. The van der Waals surface area contributed by atoms with E-state index in [-0.39, 0.29) is 13.0 Å². The lowest BCUT2D eigenvalue weighted by molar-refractivity contribution is -0.154. The van der Waals surface area contributed by atoms with Crippen molar-refractivity contribution in [2.75, 3.05) is 13.2 Å². The zero-order chi connectivity index (χ0) is 24.0. The van der Waals surface area contributed by atoms with Gasteiger partial charge in [0.25, 0.3) is 0 Å². The Bertz CT molecular complexity index is 1260. The number of carbonyl (C=O) groups excluding carboxylic acids is 2. The predicted octanol–water partition coefficient (Wildman–Crippen LogP) is 4.31. The number of carbonyl (C=O) groups is 2. The highest BCUT2D eigenvalue weighted by Gasteiger charge is 2.44. The van der Waals surface area contributed by atoms with Gasteiger partial charge in [0.15, 0.2) is 5.60 Å². The van der Waals surface area contributed by atoms with Crippen molar-refractivity contribution in [1.82, 2.24) is 0 Å².